The third-order valence-corrected chi connectivity index (χ3v) is 3.23. The maximum atomic E-state index is 11.2. The molecule has 0 saturated heterocycles. The van der Waals surface area contributed by atoms with E-state index < -0.39 is 11.9 Å². The molecule has 136 valence electrons. The second-order valence-electron chi connectivity index (χ2n) is 5.47. The van der Waals surface area contributed by atoms with Crippen LogP contribution in [0.3, 0.4) is 0 Å². The number of hydrogen-bond donors (Lipinski definition) is 2. The fourth-order valence-electron chi connectivity index (χ4n) is 1.86. The third kappa shape index (κ3) is 29.4. The minimum Gasteiger partial charge on any atom is -0.550 e. The summed E-state index contributed by atoms with van der Waals surface area (Å²) in [5, 5.41) is 20.0. The van der Waals surface area contributed by atoms with Crippen LogP contribution in [0.5, 0.6) is 0 Å². The van der Waals surface area contributed by atoms with Crippen molar-refractivity contribution in [3.8, 4) is 0 Å². The van der Waals surface area contributed by atoms with Crippen LogP contribution in [0.25, 0.3) is 0 Å². The van der Waals surface area contributed by atoms with E-state index in [0.717, 1.165) is 12.8 Å². The number of carbonyl (C=O) groups is 3. The molecular formula is C17H32NNaO5. The zero-order valence-corrected chi connectivity index (χ0v) is 17.6. The Morgan fingerprint density at radius 3 is 1.67 bits per heavy atom. The van der Waals surface area contributed by atoms with Crippen LogP contribution in [0.15, 0.2) is 0 Å². The zero-order chi connectivity index (χ0) is 17.9. The Kier molecular flexibility index (Phi) is 26.4. The molecule has 0 saturated carbocycles. The van der Waals surface area contributed by atoms with Crippen LogP contribution >= 0.6 is 0 Å². The number of amides is 1. The van der Waals surface area contributed by atoms with E-state index >= 15 is 0 Å². The number of carboxylic acid groups (broad SMARTS) is 2. The summed E-state index contributed by atoms with van der Waals surface area (Å²) in [5.41, 5.74) is 0. The minimum atomic E-state index is -0.995. The van der Waals surface area contributed by atoms with Crippen molar-refractivity contribution < 1.29 is 54.2 Å². The smallest absolute Gasteiger partial charge is 0.550 e. The number of nitrogens with one attached hydrogen (secondary N) is 1. The van der Waals surface area contributed by atoms with Crippen LogP contribution in [0.1, 0.15) is 84.5 Å². The average Bonchev–Trinajstić information content (AvgIpc) is 2.51. The van der Waals surface area contributed by atoms with Gasteiger partial charge >= 0.3 is 35.5 Å². The number of carboxylic acids is 2. The molecule has 0 bridgehead atoms. The van der Waals surface area contributed by atoms with Crippen molar-refractivity contribution in [1.29, 1.82) is 0 Å². The SMILES string of the molecule is CCC(=O)[O-].CCCCCCCCCCCC(=O)NCC(=O)O.[Na+]. The molecule has 0 heterocycles. The standard InChI is InChI=1S/C14H27NO3.C3H6O2.Na/c1-2-3-4-5-6-7-8-9-10-11-13(16)15-12-14(17)18;1-2-3(4)5;/h2-12H2,1H3,(H,15,16)(H,17,18);2H2,1H3,(H,4,5);/q;;+1/p-1. The topological polar surface area (TPSA) is 107 Å². The second kappa shape index (κ2) is 22.4. The van der Waals surface area contributed by atoms with Crippen molar-refractivity contribution in [3.05, 3.63) is 0 Å². The van der Waals surface area contributed by atoms with Gasteiger partial charge in [0, 0.05) is 12.4 Å². The van der Waals surface area contributed by atoms with Gasteiger partial charge in [0.25, 0.3) is 0 Å². The Bertz CT molecular complexity index is 324. The van der Waals surface area contributed by atoms with Gasteiger partial charge in [-0.05, 0) is 12.8 Å². The van der Waals surface area contributed by atoms with Gasteiger partial charge in [0.1, 0.15) is 6.54 Å². The molecule has 0 aromatic carbocycles. The number of unbranched alkanes of at least 4 members (excludes halogenated alkanes) is 8. The molecule has 1 amide bonds. The monoisotopic (exact) mass is 353 g/mol. The number of carbonyl (C=O) groups excluding carboxylic acids is 2. The normalized spacial score (nSPS) is 9.25. The molecule has 7 heteroatoms. The number of hydrogen-bond acceptors (Lipinski definition) is 4. The van der Waals surface area contributed by atoms with E-state index in [2.05, 4.69) is 12.2 Å². The Morgan fingerprint density at radius 1 is 0.875 bits per heavy atom. The molecule has 0 atom stereocenters. The van der Waals surface area contributed by atoms with Gasteiger partial charge in [-0.15, -0.1) is 0 Å². The predicted molar refractivity (Wildman–Crippen MR) is 87.8 cm³/mol. The van der Waals surface area contributed by atoms with Crippen LogP contribution in [0.2, 0.25) is 0 Å². The number of rotatable bonds is 13. The summed E-state index contributed by atoms with van der Waals surface area (Å²) < 4.78 is 0. The number of aliphatic carboxylic acids is 2. The van der Waals surface area contributed by atoms with E-state index in [1.165, 1.54) is 51.9 Å². The molecule has 0 aromatic rings. The van der Waals surface area contributed by atoms with Crippen molar-refractivity contribution in [2.24, 2.45) is 0 Å². The van der Waals surface area contributed by atoms with Gasteiger partial charge in [0.05, 0.1) is 0 Å². The largest absolute Gasteiger partial charge is 1.00 e. The molecule has 0 rings (SSSR count). The fourth-order valence-corrected chi connectivity index (χ4v) is 1.86. The molecule has 24 heavy (non-hydrogen) atoms. The maximum Gasteiger partial charge on any atom is 1.00 e. The first kappa shape index (κ1) is 28.2. The summed E-state index contributed by atoms with van der Waals surface area (Å²) in [6.07, 6.45) is 11.5. The van der Waals surface area contributed by atoms with Gasteiger partial charge in [-0.25, -0.2) is 0 Å². The van der Waals surface area contributed by atoms with Crippen molar-refractivity contribution >= 4 is 17.8 Å². The minimum absolute atomic E-state index is 0. The van der Waals surface area contributed by atoms with Gasteiger partial charge < -0.3 is 20.3 Å². The van der Waals surface area contributed by atoms with Crippen molar-refractivity contribution in [3.63, 3.8) is 0 Å². The molecule has 0 spiro atoms. The molecule has 0 aromatic heterocycles. The van der Waals surface area contributed by atoms with E-state index in [4.69, 9.17) is 5.11 Å². The second-order valence-corrected chi connectivity index (χ2v) is 5.47. The Morgan fingerprint density at radius 2 is 1.29 bits per heavy atom. The summed E-state index contributed by atoms with van der Waals surface area (Å²) >= 11 is 0. The van der Waals surface area contributed by atoms with Gasteiger partial charge in [-0.2, -0.15) is 0 Å². The fraction of sp³-hybridized carbons (Fsp3) is 0.824. The van der Waals surface area contributed by atoms with E-state index in [9.17, 15) is 19.5 Å². The van der Waals surface area contributed by atoms with Gasteiger partial charge in [-0.1, -0.05) is 65.2 Å². The molecule has 0 aliphatic rings. The zero-order valence-electron chi connectivity index (χ0n) is 15.6. The van der Waals surface area contributed by atoms with E-state index in [1.54, 1.807) is 0 Å². The van der Waals surface area contributed by atoms with Gasteiger partial charge in [0.2, 0.25) is 5.91 Å². The van der Waals surface area contributed by atoms with E-state index in [0.29, 0.717) is 6.42 Å². The molecule has 0 aliphatic heterocycles. The molecular weight excluding hydrogens is 321 g/mol. The van der Waals surface area contributed by atoms with E-state index in [-0.39, 0.29) is 48.4 Å². The first-order chi connectivity index (χ1) is 10.9. The van der Waals surface area contributed by atoms with Crippen molar-refractivity contribution in [2.45, 2.75) is 84.5 Å². The third-order valence-electron chi connectivity index (χ3n) is 3.23. The summed E-state index contributed by atoms with van der Waals surface area (Å²) in [6.45, 7) is 3.49. The van der Waals surface area contributed by atoms with Crippen LogP contribution in [-0.4, -0.2) is 29.5 Å². The average molecular weight is 353 g/mol. The van der Waals surface area contributed by atoms with Crippen LogP contribution in [0.4, 0.5) is 0 Å². The first-order valence-electron chi connectivity index (χ1n) is 8.62. The van der Waals surface area contributed by atoms with Crippen molar-refractivity contribution in [1.82, 2.24) is 5.32 Å². The van der Waals surface area contributed by atoms with Crippen LogP contribution in [0, 0.1) is 0 Å². The molecule has 0 fully saturated rings. The molecule has 0 aliphatic carbocycles. The Labute approximate surface area is 168 Å². The predicted octanol–water partition coefficient (Wildman–Crippen LogP) is -0.742. The van der Waals surface area contributed by atoms with Gasteiger partial charge in [-0.3, -0.25) is 9.59 Å². The first-order valence-corrected chi connectivity index (χ1v) is 8.62. The molecule has 6 nitrogen and oxygen atoms in total. The summed E-state index contributed by atoms with van der Waals surface area (Å²) in [4.78, 5) is 30.6. The quantitative estimate of drug-likeness (QED) is 0.335. The molecule has 2 N–H and O–H groups in total. The molecule has 0 radical (unpaired) electrons. The van der Waals surface area contributed by atoms with Crippen LogP contribution in [-0.2, 0) is 14.4 Å². The maximum absolute atomic E-state index is 11.2. The van der Waals surface area contributed by atoms with Gasteiger partial charge in [0.15, 0.2) is 0 Å². The van der Waals surface area contributed by atoms with Crippen LogP contribution < -0.4 is 40.0 Å². The Hall–Kier alpha value is -0.590. The Balaban J connectivity index is -0.000000639. The molecule has 0 unspecified atom stereocenters. The summed E-state index contributed by atoms with van der Waals surface area (Å²) in [6, 6.07) is 0. The van der Waals surface area contributed by atoms with E-state index in [1.807, 2.05) is 0 Å². The summed E-state index contributed by atoms with van der Waals surface area (Å²) in [5.74, 6) is -2.14. The van der Waals surface area contributed by atoms with Crippen molar-refractivity contribution in [2.75, 3.05) is 6.54 Å². The summed E-state index contributed by atoms with van der Waals surface area (Å²) in [7, 11) is 0.